The summed E-state index contributed by atoms with van der Waals surface area (Å²) in [5.74, 6) is 0. The van der Waals surface area contributed by atoms with Gasteiger partial charge in [-0.15, -0.1) is 0 Å². The normalized spacial score (nSPS) is 16.8. The highest BCUT2D eigenvalue weighted by Crippen LogP contribution is 2.68. The molecule has 0 amide bonds. The second-order valence-electron chi connectivity index (χ2n) is 14.9. The third-order valence-corrected chi connectivity index (χ3v) is 11.4. The van der Waals surface area contributed by atoms with Crippen molar-refractivity contribution in [3.63, 3.8) is 0 Å². The molecule has 0 atom stereocenters. The van der Waals surface area contributed by atoms with Crippen molar-refractivity contribution in [1.29, 1.82) is 0 Å². The summed E-state index contributed by atoms with van der Waals surface area (Å²) in [6.07, 6.45) is 0. The molecular weight excluding hydrogens is 540 g/mol. The SMILES string of the molecule is CC1(C)c2ccccc2-c2c1c1c(c3c2C(C)(C)c2c(-c4ccccc4-c4ccccc4)cccc2-3)C(C)(C)c2ccccc2-1. The van der Waals surface area contributed by atoms with Gasteiger partial charge in [-0.05, 0) is 89.0 Å². The highest BCUT2D eigenvalue weighted by molar-refractivity contribution is 6.06. The third kappa shape index (κ3) is 3.22. The van der Waals surface area contributed by atoms with Gasteiger partial charge in [-0.2, -0.15) is 0 Å². The molecule has 0 heterocycles. The molecule has 0 nitrogen and oxygen atoms in total. The van der Waals surface area contributed by atoms with Gasteiger partial charge in [-0.1, -0.05) is 163 Å². The fourth-order valence-corrected chi connectivity index (χ4v) is 9.57. The maximum absolute atomic E-state index is 2.49. The summed E-state index contributed by atoms with van der Waals surface area (Å²) in [5, 5.41) is 0. The maximum atomic E-state index is 2.49. The molecule has 0 fully saturated rings. The highest BCUT2D eigenvalue weighted by atomic mass is 14.5. The summed E-state index contributed by atoms with van der Waals surface area (Å²) >= 11 is 0. The molecule has 45 heavy (non-hydrogen) atoms. The molecule has 9 rings (SSSR count). The van der Waals surface area contributed by atoms with Crippen molar-refractivity contribution in [3.05, 3.63) is 155 Å². The molecule has 218 valence electrons. The van der Waals surface area contributed by atoms with Gasteiger partial charge in [-0.25, -0.2) is 0 Å². The Kier molecular flexibility index (Phi) is 5.18. The Morgan fingerprint density at radius 2 is 0.689 bits per heavy atom. The van der Waals surface area contributed by atoms with Crippen LogP contribution in [0.1, 0.15) is 74.9 Å². The first-order valence-electron chi connectivity index (χ1n) is 16.4. The molecule has 0 radical (unpaired) electrons. The van der Waals surface area contributed by atoms with Crippen LogP contribution in [-0.2, 0) is 16.2 Å². The first kappa shape index (κ1) is 26.7. The van der Waals surface area contributed by atoms with Crippen molar-refractivity contribution in [3.8, 4) is 55.6 Å². The lowest BCUT2D eigenvalue weighted by Crippen LogP contribution is -2.22. The Labute approximate surface area is 267 Å². The van der Waals surface area contributed by atoms with Crippen molar-refractivity contribution in [2.75, 3.05) is 0 Å². The lowest BCUT2D eigenvalue weighted by Gasteiger charge is -2.32. The lowest BCUT2D eigenvalue weighted by atomic mass is 9.71. The second-order valence-corrected chi connectivity index (χ2v) is 14.9. The van der Waals surface area contributed by atoms with Crippen molar-refractivity contribution in [2.45, 2.75) is 57.8 Å². The zero-order valence-electron chi connectivity index (χ0n) is 27.0. The van der Waals surface area contributed by atoms with E-state index in [0.717, 1.165) is 0 Å². The molecule has 6 aromatic rings. The molecule has 0 saturated carbocycles. The average Bonchev–Trinajstić information content (AvgIpc) is 3.55. The monoisotopic (exact) mass is 578 g/mol. The topological polar surface area (TPSA) is 0 Å². The fraction of sp³-hybridized carbons (Fsp3) is 0.200. The first-order valence-corrected chi connectivity index (χ1v) is 16.4. The molecule has 0 bridgehead atoms. The van der Waals surface area contributed by atoms with Crippen LogP contribution in [-0.4, -0.2) is 0 Å². The Hall–Kier alpha value is -4.68. The molecule has 0 aliphatic heterocycles. The number of hydrogen-bond donors (Lipinski definition) is 0. The minimum atomic E-state index is -0.206. The van der Waals surface area contributed by atoms with Crippen LogP contribution in [0.3, 0.4) is 0 Å². The van der Waals surface area contributed by atoms with Gasteiger partial charge in [0.05, 0.1) is 0 Å². The van der Waals surface area contributed by atoms with E-state index in [-0.39, 0.29) is 16.2 Å². The van der Waals surface area contributed by atoms with Crippen LogP contribution in [0.5, 0.6) is 0 Å². The number of fused-ring (bicyclic) bond motifs is 12. The first-order chi connectivity index (χ1) is 21.6. The van der Waals surface area contributed by atoms with Gasteiger partial charge in [-0.3, -0.25) is 0 Å². The number of rotatable bonds is 2. The van der Waals surface area contributed by atoms with Crippen molar-refractivity contribution < 1.29 is 0 Å². The van der Waals surface area contributed by atoms with E-state index in [1.165, 1.54) is 89.0 Å². The standard InChI is InChI=1S/C45H38/c1-43(2)35-26-15-13-22-32(35)37-40(43)36-31-21-12-14-25-34(31)44(3,4)41(36)38-33-24-16-23-30(39(33)45(5,6)42(37)38)29-20-11-10-19-28(29)27-17-8-7-9-18-27/h7-26H,1-6H3. The molecule has 3 aliphatic carbocycles. The van der Waals surface area contributed by atoms with Crippen LogP contribution in [0.15, 0.2) is 121 Å². The number of benzene rings is 6. The minimum absolute atomic E-state index is 0.105. The Morgan fingerprint density at radius 3 is 1.27 bits per heavy atom. The van der Waals surface area contributed by atoms with Crippen LogP contribution in [0.2, 0.25) is 0 Å². The fourth-order valence-electron chi connectivity index (χ4n) is 9.57. The summed E-state index contributed by atoms with van der Waals surface area (Å²) in [7, 11) is 0. The minimum Gasteiger partial charge on any atom is -0.0622 e. The van der Waals surface area contributed by atoms with Gasteiger partial charge >= 0.3 is 0 Å². The molecule has 3 aliphatic rings. The molecular formula is C45H38. The molecule has 0 aromatic heterocycles. The largest absolute Gasteiger partial charge is 0.0622 e. The molecule has 0 heteroatoms. The van der Waals surface area contributed by atoms with Gasteiger partial charge in [0.1, 0.15) is 0 Å². The van der Waals surface area contributed by atoms with E-state index >= 15 is 0 Å². The Morgan fingerprint density at radius 1 is 0.289 bits per heavy atom. The van der Waals surface area contributed by atoms with E-state index in [0.29, 0.717) is 0 Å². The van der Waals surface area contributed by atoms with Crippen LogP contribution < -0.4 is 0 Å². The van der Waals surface area contributed by atoms with E-state index in [1.807, 2.05) is 0 Å². The Bertz CT molecular complexity index is 2220. The third-order valence-electron chi connectivity index (χ3n) is 11.4. The van der Waals surface area contributed by atoms with Crippen LogP contribution in [0.25, 0.3) is 55.6 Å². The summed E-state index contributed by atoms with van der Waals surface area (Å²) < 4.78 is 0. The summed E-state index contributed by atoms with van der Waals surface area (Å²) in [6, 6.07) is 45.3. The second kappa shape index (κ2) is 8.73. The van der Waals surface area contributed by atoms with Gasteiger partial charge < -0.3 is 0 Å². The summed E-state index contributed by atoms with van der Waals surface area (Å²) in [4.78, 5) is 0. The van der Waals surface area contributed by atoms with E-state index in [9.17, 15) is 0 Å². The van der Waals surface area contributed by atoms with Gasteiger partial charge in [0.25, 0.3) is 0 Å². The van der Waals surface area contributed by atoms with E-state index in [1.54, 1.807) is 0 Å². The van der Waals surface area contributed by atoms with Crippen molar-refractivity contribution in [2.24, 2.45) is 0 Å². The predicted molar refractivity (Wildman–Crippen MR) is 190 cm³/mol. The van der Waals surface area contributed by atoms with Gasteiger partial charge in [0, 0.05) is 16.2 Å². The average molecular weight is 579 g/mol. The van der Waals surface area contributed by atoms with Crippen molar-refractivity contribution >= 4 is 0 Å². The van der Waals surface area contributed by atoms with E-state index in [4.69, 9.17) is 0 Å². The Balaban J connectivity index is 1.45. The van der Waals surface area contributed by atoms with Crippen LogP contribution in [0.4, 0.5) is 0 Å². The zero-order chi connectivity index (χ0) is 30.9. The molecule has 0 unspecified atom stereocenters. The lowest BCUT2D eigenvalue weighted by molar-refractivity contribution is 0.636. The predicted octanol–water partition coefficient (Wildman–Crippen LogP) is 11.9. The molecule has 0 saturated heterocycles. The van der Waals surface area contributed by atoms with E-state index in [2.05, 4.69) is 163 Å². The summed E-state index contributed by atoms with van der Waals surface area (Å²) in [5.41, 5.74) is 22.3. The zero-order valence-corrected chi connectivity index (χ0v) is 27.0. The molecule has 6 aromatic carbocycles. The van der Waals surface area contributed by atoms with Crippen LogP contribution in [0, 0.1) is 0 Å². The van der Waals surface area contributed by atoms with Crippen LogP contribution >= 0.6 is 0 Å². The maximum Gasteiger partial charge on any atom is 0.0171 e. The van der Waals surface area contributed by atoms with Gasteiger partial charge in [0.2, 0.25) is 0 Å². The summed E-state index contributed by atoms with van der Waals surface area (Å²) in [6.45, 7) is 14.8. The van der Waals surface area contributed by atoms with Crippen molar-refractivity contribution in [1.82, 2.24) is 0 Å². The molecule has 0 N–H and O–H groups in total. The van der Waals surface area contributed by atoms with E-state index < -0.39 is 0 Å². The number of hydrogen-bond acceptors (Lipinski definition) is 0. The highest BCUT2D eigenvalue weighted by Gasteiger charge is 2.52. The molecule has 0 spiro atoms. The quantitative estimate of drug-likeness (QED) is 0.192. The smallest absolute Gasteiger partial charge is 0.0171 e. The van der Waals surface area contributed by atoms with Gasteiger partial charge in [0.15, 0.2) is 0 Å².